The molecule has 4 aliphatic heterocycles. The lowest BCUT2D eigenvalue weighted by atomic mass is 9.75. The highest BCUT2D eigenvalue weighted by Crippen LogP contribution is 2.57. The number of hydrogen-bond donors (Lipinski definition) is 1. The van der Waals surface area contributed by atoms with Crippen LogP contribution in [-0.2, 0) is 23.9 Å². The van der Waals surface area contributed by atoms with Crippen molar-refractivity contribution < 1.29 is 29.0 Å². The standard InChI is InChI=1S/C24H25ClN2O6/c1-14(13-28)27-19-21(30)26(16-7-5-15(25)6-8-16)11-3-10-24(19)17(20(27)29)18-22(31)32-12-4-9-23(18,2)33-24/h3-10,14,17-19,28H,11-13H2,1-2H3/t14-,17+,18-,19?,23+,24+/m1/s1. The van der Waals surface area contributed by atoms with Crippen molar-refractivity contribution in [2.24, 2.45) is 11.8 Å². The van der Waals surface area contributed by atoms with E-state index in [-0.39, 0.29) is 25.7 Å². The predicted molar refractivity (Wildman–Crippen MR) is 119 cm³/mol. The number of ether oxygens (including phenoxy) is 2. The Morgan fingerprint density at radius 2 is 1.85 bits per heavy atom. The van der Waals surface area contributed by atoms with E-state index in [2.05, 4.69) is 0 Å². The second-order valence-corrected chi connectivity index (χ2v) is 9.57. The van der Waals surface area contributed by atoms with Crippen molar-refractivity contribution in [3.05, 3.63) is 53.6 Å². The average Bonchev–Trinajstić information content (AvgIpc) is 3.05. The van der Waals surface area contributed by atoms with E-state index in [9.17, 15) is 19.5 Å². The van der Waals surface area contributed by atoms with Crippen LogP contribution in [0.4, 0.5) is 5.69 Å². The van der Waals surface area contributed by atoms with Crippen molar-refractivity contribution in [2.75, 3.05) is 24.7 Å². The van der Waals surface area contributed by atoms with E-state index < -0.39 is 47.0 Å². The third-order valence-corrected chi connectivity index (χ3v) is 7.38. The molecule has 1 aromatic carbocycles. The number of likely N-dealkylation sites (tertiary alicyclic amines) is 1. The number of rotatable bonds is 3. The number of anilines is 1. The molecule has 1 aromatic rings. The second-order valence-electron chi connectivity index (χ2n) is 9.13. The fraction of sp³-hybridized carbons (Fsp3) is 0.458. The van der Waals surface area contributed by atoms with Crippen molar-refractivity contribution in [1.82, 2.24) is 4.90 Å². The maximum atomic E-state index is 14.0. The molecule has 9 heteroatoms. The number of benzene rings is 1. The molecule has 0 saturated carbocycles. The Morgan fingerprint density at radius 3 is 2.55 bits per heavy atom. The van der Waals surface area contributed by atoms with Gasteiger partial charge in [0.2, 0.25) is 5.91 Å². The van der Waals surface area contributed by atoms with Crippen molar-refractivity contribution in [3.63, 3.8) is 0 Å². The summed E-state index contributed by atoms with van der Waals surface area (Å²) in [5, 5.41) is 10.5. The molecule has 174 valence electrons. The number of aliphatic hydroxyl groups is 1. The lowest BCUT2D eigenvalue weighted by Crippen LogP contribution is -2.58. The number of halogens is 1. The first-order valence-corrected chi connectivity index (χ1v) is 11.3. The Labute approximate surface area is 196 Å². The maximum Gasteiger partial charge on any atom is 0.313 e. The van der Waals surface area contributed by atoms with E-state index in [1.165, 1.54) is 4.90 Å². The molecule has 1 unspecified atom stereocenters. The maximum absolute atomic E-state index is 14.0. The number of cyclic esters (lactones) is 1. The molecule has 6 atom stereocenters. The van der Waals surface area contributed by atoms with Crippen LogP contribution in [0.3, 0.4) is 0 Å². The zero-order chi connectivity index (χ0) is 23.5. The van der Waals surface area contributed by atoms with E-state index in [0.29, 0.717) is 10.7 Å². The van der Waals surface area contributed by atoms with Crippen LogP contribution >= 0.6 is 11.6 Å². The topological polar surface area (TPSA) is 96.4 Å². The minimum Gasteiger partial charge on any atom is -0.461 e. The van der Waals surface area contributed by atoms with E-state index in [1.807, 2.05) is 0 Å². The number of aliphatic hydroxyl groups excluding tert-OH is 1. The van der Waals surface area contributed by atoms with E-state index >= 15 is 0 Å². The molecule has 2 saturated heterocycles. The summed E-state index contributed by atoms with van der Waals surface area (Å²) in [6.45, 7) is 3.44. The summed E-state index contributed by atoms with van der Waals surface area (Å²) in [6.07, 6.45) is 6.99. The fourth-order valence-corrected chi connectivity index (χ4v) is 5.84. The molecular weight excluding hydrogens is 448 g/mol. The minimum absolute atomic E-state index is 0.0987. The number of nitrogens with zero attached hydrogens (tertiary/aromatic N) is 2. The van der Waals surface area contributed by atoms with Gasteiger partial charge in [0.1, 0.15) is 24.2 Å². The number of carbonyl (C=O) groups is 3. The Kier molecular flexibility index (Phi) is 5.15. The van der Waals surface area contributed by atoms with Gasteiger partial charge in [-0.1, -0.05) is 29.8 Å². The lowest BCUT2D eigenvalue weighted by Gasteiger charge is -2.39. The van der Waals surface area contributed by atoms with Gasteiger partial charge in [0.25, 0.3) is 5.91 Å². The van der Waals surface area contributed by atoms with Crippen LogP contribution in [-0.4, -0.2) is 70.8 Å². The number of carbonyl (C=O) groups excluding carboxylic acids is 3. The number of amides is 2. The molecule has 4 heterocycles. The molecule has 0 aliphatic carbocycles. The molecule has 33 heavy (non-hydrogen) atoms. The van der Waals surface area contributed by atoms with Gasteiger partial charge in [-0.05, 0) is 44.2 Å². The molecule has 0 radical (unpaired) electrons. The number of hydrogen-bond acceptors (Lipinski definition) is 6. The normalized spacial score (nSPS) is 36.1. The molecule has 4 aliphatic rings. The third-order valence-electron chi connectivity index (χ3n) is 7.13. The molecular formula is C24H25ClN2O6. The zero-order valence-corrected chi connectivity index (χ0v) is 19.1. The summed E-state index contributed by atoms with van der Waals surface area (Å²) in [5.41, 5.74) is -1.86. The van der Waals surface area contributed by atoms with Gasteiger partial charge in [0, 0.05) is 17.3 Å². The number of esters is 1. The van der Waals surface area contributed by atoms with Gasteiger partial charge < -0.3 is 24.4 Å². The molecule has 0 aromatic heterocycles. The van der Waals surface area contributed by atoms with E-state index in [0.717, 1.165) is 0 Å². The summed E-state index contributed by atoms with van der Waals surface area (Å²) in [6, 6.07) is 5.15. The molecule has 2 amide bonds. The third kappa shape index (κ3) is 3.08. The van der Waals surface area contributed by atoms with Crippen LogP contribution in [0.15, 0.2) is 48.6 Å². The smallest absolute Gasteiger partial charge is 0.313 e. The van der Waals surface area contributed by atoms with Crippen LogP contribution in [0.1, 0.15) is 13.8 Å². The summed E-state index contributed by atoms with van der Waals surface area (Å²) in [7, 11) is 0. The van der Waals surface area contributed by atoms with Gasteiger partial charge in [-0.25, -0.2) is 0 Å². The molecule has 1 N–H and O–H groups in total. The van der Waals surface area contributed by atoms with Gasteiger partial charge in [-0.3, -0.25) is 14.4 Å². The van der Waals surface area contributed by atoms with Crippen molar-refractivity contribution in [3.8, 4) is 0 Å². The summed E-state index contributed by atoms with van der Waals surface area (Å²) in [4.78, 5) is 43.8. The van der Waals surface area contributed by atoms with Crippen LogP contribution in [0.5, 0.6) is 0 Å². The van der Waals surface area contributed by atoms with Crippen LogP contribution < -0.4 is 4.90 Å². The Morgan fingerprint density at radius 1 is 1.12 bits per heavy atom. The summed E-state index contributed by atoms with van der Waals surface area (Å²) in [5.74, 6) is -3.16. The van der Waals surface area contributed by atoms with Gasteiger partial charge in [0.05, 0.1) is 24.2 Å². The summed E-state index contributed by atoms with van der Waals surface area (Å²) >= 11 is 6.03. The molecule has 0 bridgehead atoms. The van der Waals surface area contributed by atoms with Crippen LogP contribution in [0.25, 0.3) is 0 Å². The van der Waals surface area contributed by atoms with Gasteiger partial charge >= 0.3 is 5.97 Å². The fourth-order valence-electron chi connectivity index (χ4n) is 5.71. The van der Waals surface area contributed by atoms with Crippen molar-refractivity contribution in [1.29, 1.82) is 0 Å². The van der Waals surface area contributed by atoms with Crippen LogP contribution in [0, 0.1) is 11.8 Å². The van der Waals surface area contributed by atoms with Crippen LogP contribution in [0.2, 0.25) is 5.02 Å². The number of fused-ring (bicyclic) bond motifs is 2. The predicted octanol–water partition coefficient (Wildman–Crippen LogP) is 1.71. The lowest BCUT2D eigenvalue weighted by molar-refractivity contribution is -0.157. The first kappa shape index (κ1) is 22.1. The minimum atomic E-state index is -1.38. The average molecular weight is 473 g/mol. The monoisotopic (exact) mass is 472 g/mol. The van der Waals surface area contributed by atoms with E-state index in [1.54, 1.807) is 67.3 Å². The first-order valence-electron chi connectivity index (χ1n) is 11.0. The first-order chi connectivity index (χ1) is 15.7. The van der Waals surface area contributed by atoms with Crippen molar-refractivity contribution in [2.45, 2.75) is 37.1 Å². The highest BCUT2D eigenvalue weighted by molar-refractivity contribution is 6.30. The highest BCUT2D eigenvalue weighted by atomic mass is 35.5. The van der Waals surface area contributed by atoms with E-state index in [4.69, 9.17) is 21.1 Å². The Hall–Kier alpha value is -2.68. The molecule has 5 rings (SSSR count). The largest absolute Gasteiger partial charge is 0.461 e. The SMILES string of the molecule is C[C@H](CO)N1C(=O)[C@@H]2[C@@H]3C(=O)OCC=C[C@]3(C)O[C@@]23C=CCN(c2ccc(Cl)cc2)C(=O)C13. The highest BCUT2D eigenvalue weighted by Gasteiger charge is 2.75. The molecule has 8 nitrogen and oxygen atoms in total. The molecule has 1 spiro atoms. The van der Waals surface area contributed by atoms with Gasteiger partial charge in [0.15, 0.2) is 0 Å². The van der Waals surface area contributed by atoms with Gasteiger partial charge in [-0.2, -0.15) is 0 Å². The summed E-state index contributed by atoms with van der Waals surface area (Å²) < 4.78 is 11.9. The Balaban J connectivity index is 1.67. The second kappa shape index (κ2) is 7.68. The Bertz CT molecular complexity index is 1070. The van der Waals surface area contributed by atoms with Gasteiger partial charge in [-0.15, -0.1) is 0 Å². The van der Waals surface area contributed by atoms with Crippen molar-refractivity contribution >= 4 is 35.1 Å². The molecule has 2 fully saturated rings. The quantitative estimate of drug-likeness (QED) is 0.531. The zero-order valence-electron chi connectivity index (χ0n) is 18.3.